The molecular formula is C53H41N. The largest absolute Gasteiger partial charge is 0.310 e. The molecule has 0 saturated carbocycles. The smallest absolute Gasteiger partial charge is 0.0465 e. The lowest BCUT2D eigenvalue weighted by Gasteiger charge is -2.29. The second kappa shape index (κ2) is 12.9. The minimum Gasteiger partial charge on any atom is -0.310 e. The first kappa shape index (κ1) is 32.2. The molecule has 0 aromatic heterocycles. The van der Waals surface area contributed by atoms with E-state index < -0.39 is 0 Å². The molecule has 2 aliphatic carbocycles. The summed E-state index contributed by atoms with van der Waals surface area (Å²) in [5.74, 6) is 0.367. The van der Waals surface area contributed by atoms with E-state index in [2.05, 4.69) is 213 Å². The molecule has 0 bridgehead atoms. The van der Waals surface area contributed by atoms with Crippen molar-refractivity contribution in [1.29, 1.82) is 0 Å². The third kappa shape index (κ3) is 5.39. The highest BCUT2D eigenvalue weighted by atomic mass is 15.1. The maximum atomic E-state index is 2.41. The molecule has 258 valence electrons. The van der Waals surface area contributed by atoms with Crippen LogP contribution in [0.15, 0.2) is 194 Å². The van der Waals surface area contributed by atoms with Gasteiger partial charge in [-0.3, -0.25) is 0 Å². The van der Waals surface area contributed by atoms with Crippen LogP contribution in [0.1, 0.15) is 47.6 Å². The zero-order valence-corrected chi connectivity index (χ0v) is 30.7. The lowest BCUT2D eigenvalue weighted by Crippen LogP contribution is -2.16. The van der Waals surface area contributed by atoms with Crippen LogP contribution in [0.3, 0.4) is 0 Å². The molecule has 0 saturated heterocycles. The summed E-state index contributed by atoms with van der Waals surface area (Å²) in [4.78, 5) is 2.41. The van der Waals surface area contributed by atoms with E-state index >= 15 is 0 Å². The Hall–Kier alpha value is -6.44. The van der Waals surface area contributed by atoms with E-state index in [1.165, 1.54) is 72.3 Å². The SMILES string of the molecule is CC1(C)c2ccccc2-c2ccc(N(c3ccc(-c4ccccc4)cc3)c3ccc(-c4ccc5c(c4)-c4ccccc4C(c4ccccc4)C5)cc3)cc21. The Bertz CT molecular complexity index is 2630. The van der Waals surface area contributed by atoms with E-state index in [4.69, 9.17) is 0 Å². The van der Waals surface area contributed by atoms with E-state index in [0.717, 1.165) is 23.5 Å². The molecule has 8 aromatic rings. The van der Waals surface area contributed by atoms with Crippen molar-refractivity contribution in [3.63, 3.8) is 0 Å². The summed E-state index contributed by atoms with van der Waals surface area (Å²) in [5.41, 5.74) is 20.6. The quantitative estimate of drug-likeness (QED) is 0.168. The monoisotopic (exact) mass is 691 g/mol. The summed E-state index contributed by atoms with van der Waals surface area (Å²) < 4.78 is 0. The molecule has 0 heterocycles. The number of hydrogen-bond donors (Lipinski definition) is 0. The Morgan fingerprint density at radius 3 is 1.67 bits per heavy atom. The molecule has 0 aliphatic heterocycles. The van der Waals surface area contributed by atoms with E-state index in [1.54, 1.807) is 0 Å². The lowest BCUT2D eigenvalue weighted by atomic mass is 9.75. The highest BCUT2D eigenvalue weighted by Crippen LogP contribution is 2.51. The average molecular weight is 692 g/mol. The summed E-state index contributed by atoms with van der Waals surface area (Å²) in [6.45, 7) is 4.71. The third-order valence-electron chi connectivity index (χ3n) is 11.9. The van der Waals surface area contributed by atoms with E-state index in [0.29, 0.717) is 5.92 Å². The van der Waals surface area contributed by atoms with Crippen molar-refractivity contribution in [3.05, 3.63) is 222 Å². The maximum absolute atomic E-state index is 2.41. The summed E-state index contributed by atoms with van der Waals surface area (Å²) in [6.07, 6.45) is 1.01. The van der Waals surface area contributed by atoms with Crippen LogP contribution in [0.2, 0.25) is 0 Å². The van der Waals surface area contributed by atoms with Crippen LogP contribution >= 0.6 is 0 Å². The van der Waals surface area contributed by atoms with Crippen molar-refractivity contribution in [1.82, 2.24) is 0 Å². The molecule has 0 fully saturated rings. The molecule has 0 spiro atoms. The number of rotatable bonds is 6. The molecule has 1 nitrogen and oxygen atoms in total. The minimum atomic E-state index is -0.0825. The van der Waals surface area contributed by atoms with Crippen LogP contribution < -0.4 is 4.90 Å². The van der Waals surface area contributed by atoms with Crippen molar-refractivity contribution in [2.24, 2.45) is 0 Å². The number of fused-ring (bicyclic) bond motifs is 6. The Balaban J connectivity index is 1.03. The van der Waals surface area contributed by atoms with Gasteiger partial charge in [0.25, 0.3) is 0 Å². The van der Waals surface area contributed by atoms with E-state index in [9.17, 15) is 0 Å². The van der Waals surface area contributed by atoms with Crippen LogP contribution in [0.5, 0.6) is 0 Å². The molecule has 0 radical (unpaired) electrons. The first-order valence-corrected chi connectivity index (χ1v) is 19.1. The Labute approximate surface area is 318 Å². The Kier molecular flexibility index (Phi) is 7.70. The normalized spacial score (nSPS) is 14.7. The van der Waals surface area contributed by atoms with Crippen LogP contribution in [0, 0.1) is 0 Å². The summed E-state index contributed by atoms with van der Waals surface area (Å²) in [5, 5.41) is 0. The molecule has 10 rings (SSSR count). The zero-order chi connectivity index (χ0) is 36.2. The molecular weight excluding hydrogens is 651 g/mol. The second-order valence-corrected chi connectivity index (χ2v) is 15.3. The van der Waals surface area contributed by atoms with Gasteiger partial charge in [0.2, 0.25) is 0 Å². The van der Waals surface area contributed by atoms with Crippen LogP contribution in [0.25, 0.3) is 44.5 Å². The fourth-order valence-electron chi connectivity index (χ4n) is 9.06. The first-order valence-electron chi connectivity index (χ1n) is 19.1. The molecule has 1 atom stereocenters. The summed E-state index contributed by atoms with van der Waals surface area (Å²) in [6, 6.07) is 71.7. The van der Waals surface area contributed by atoms with Gasteiger partial charge >= 0.3 is 0 Å². The summed E-state index contributed by atoms with van der Waals surface area (Å²) >= 11 is 0. The van der Waals surface area contributed by atoms with Crippen molar-refractivity contribution in [3.8, 4) is 44.5 Å². The minimum absolute atomic E-state index is 0.0825. The van der Waals surface area contributed by atoms with Gasteiger partial charge in [-0.25, -0.2) is 0 Å². The van der Waals surface area contributed by atoms with Gasteiger partial charge in [-0.15, -0.1) is 0 Å². The number of benzene rings is 8. The zero-order valence-electron chi connectivity index (χ0n) is 30.7. The Morgan fingerprint density at radius 2 is 0.944 bits per heavy atom. The maximum Gasteiger partial charge on any atom is 0.0465 e. The van der Waals surface area contributed by atoms with Crippen LogP contribution in [0.4, 0.5) is 17.1 Å². The Morgan fingerprint density at radius 1 is 0.407 bits per heavy atom. The molecule has 0 N–H and O–H groups in total. The van der Waals surface area contributed by atoms with Gasteiger partial charge in [0.15, 0.2) is 0 Å². The van der Waals surface area contributed by atoms with Crippen molar-refractivity contribution >= 4 is 17.1 Å². The van der Waals surface area contributed by atoms with Crippen LogP contribution in [-0.2, 0) is 11.8 Å². The van der Waals surface area contributed by atoms with Crippen molar-refractivity contribution in [2.75, 3.05) is 4.90 Å². The van der Waals surface area contributed by atoms with Gasteiger partial charge in [-0.1, -0.05) is 166 Å². The van der Waals surface area contributed by atoms with Gasteiger partial charge in [0, 0.05) is 28.4 Å². The van der Waals surface area contributed by atoms with Crippen LogP contribution in [-0.4, -0.2) is 0 Å². The summed E-state index contributed by atoms with van der Waals surface area (Å²) in [7, 11) is 0. The molecule has 54 heavy (non-hydrogen) atoms. The molecule has 2 aliphatic rings. The molecule has 0 amide bonds. The topological polar surface area (TPSA) is 3.24 Å². The predicted molar refractivity (Wildman–Crippen MR) is 227 cm³/mol. The number of anilines is 3. The van der Waals surface area contributed by atoms with Gasteiger partial charge in [-0.05, 0) is 121 Å². The van der Waals surface area contributed by atoms with Crippen molar-refractivity contribution in [2.45, 2.75) is 31.6 Å². The highest BCUT2D eigenvalue weighted by molar-refractivity contribution is 5.87. The highest BCUT2D eigenvalue weighted by Gasteiger charge is 2.35. The van der Waals surface area contributed by atoms with Gasteiger partial charge in [0.05, 0.1) is 0 Å². The second-order valence-electron chi connectivity index (χ2n) is 15.3. The lowest BCUT2D eigenvalue weighted by molar-refractivity contribution is 0.660. The predicted octanol–water partition coefficient (Wildman–Crippen LogP) is 14.2. The third-order valence-corrected chi connectivity index (χ3v) is 11.9. The molecule has 1 unspecified atom stereocenters. The fraction of sp³-hybridized carbons (Fsp3) is 0.0943. The number of nitrogens with zero attached hydrogens (tertiary/aromatic N) is 1. The van der Waals surface area contributed by atoms with Gasteiger partial charge in [-0.2, -0.15) is 0 Å². The fourth-order valence-corrected chi connectivity index (χ4v) is 9.06. The van der Waals surface area contributed by atoms with Gasteiger partial charge in [0.1, 0.15) is 0 Å². The van der Waals surface area contributed by atoms with Gasteiger partial charge < -0.3 is 4.90 Å². The van der Waals surface area contributed by atoms with Crippen molar-refractivity contribution < 1.29 is 0 Å². The van der Waals surface area contributed by atoms with E-state index in [-0.39, 0.29) is 5.41 Å². The molecule has 1 heteroatoms. The van der Waals surface area contributed by atoms with E-state index in [1.807, 2.05) is 0 Å². The standard InChI is InChI=1S/C53H41N/c1-53(2)51-20-12-11-19-47(51)48-32-31-44(35-52(48)53)54(42-27-23-37(24-28-42)36-13-5-3-6-14-36)43-29-25-38(26-30-43)40-21-22-41-34-49(39-15-7-4-8-16-39)45-17-9-10-18-46(45)50(41)33-40/h3-33,35,49H,34H2,1-2H3. The number of hydrogen-bond acceptors (Lipinski definition) is 1. The molecule has 8 aromatic carbocycles. The average Bonchev–Trinajstić information content (AvgIpc) is 3.47. The first-order chi connectivity index (χ1) is 26.5.